The fourth-order valence-electron chi connectivity index (χ4n) is 4.70. The van der Waals surface area contributed by atoms with Gasteiger partial charge < -0.3 is 25.0 Å². The number of morpholine rings is 1. The molecule has 222 valence electrons. The minimum atomic E-state index is -3.32. The molecule has 1 aromatic heterocycles. The third-order valence-electron chi connectivity index (χ3n) is 6.96. The van der Waals surface area contributed by atoms with E-state index in [1.807, 2.05) is 0 Å². The Balaban J connectivity index is 1.19. The number of sulfonamides is 1. The fourth-order valence-corrected chi connectivity index (χ4v) is 5.52. The van der Waals surface area contributed by atoms with Gasteiger partial charge in [-0.1, -0.05) is 5.16 Å². The van der Waals surface area contributed by atoms with Crippen LogP contribution in [0.5, 0.6) is 0 Å². The third-order valence-corrected chi connectivity index (χ3v) is 8.27. The summed E-state index contributed by atoms with van der Waals surface area (Å²) < 4.78 is 34.7. The highest BCUT2D eigenvalue weighted by molar-refractivity contribution is 7.88. The Labute approximate surface area is 239 Å². The first-order valence-corrected chi connectivity index (χ1v) is 14.8. The molecule has 3 heterocycles. The molecular formula is C26H28N6O9S. The molecule has 2 fully saturated rings. The van der Waals surface area contributed by atoms with Crippen LogP contribution in [0.1, 0.15) is 10.4 Å². The summed E-state index contributed by atoms with van der Waals surface area (Å²) in [6.45, 7) is 1.22. The van der Waals surface area contributed by atoms with Gasteiger partial charge in [-0.15, -0.1) is 0 Å². The Kier molecular flexibility index (Phi) is 8.22. The number of benzene rings is 2. The van der Waals surface area contributed by atoms with E-state index in [0.29, 0.717) is 22.5 Å². The zero-order valence-corrected chi connectivity index (χ0v) is 23.2. The van der Waals surface area contributed by atoms with E-state index < -0.39 is 39.8 Å². The SMILES string of the molecule is CS(=O)(=O)N1CCN(C(=O)c2ccc(N3CCO[C@H]([C@@H](O)C(=O)Nc4ccc(-c5noc(=O)[nH]5)cc4)C3=O)cc2)CC1. The fraction of sp³-hybridized carbons (Fsp3) is 0.346. The van der Waals surface area contributed by atoms with E-state index in [1.54, 1.807) is 41.3 Å². The lowest BCUT2D eigenvalue weighted by molar-refractivity contribution is -0.150. The van der Waals surface area contributed by atoms with E-state index in [-0.39, 0.29) is 51.1 Å². The van der Waals surface area contributed by atoms with Gasteiger partial charge in [0.1, 0.15) is 0 Å². The van der Waals surface area contributed by atoms with Crippen LogP contribution in [0.25, 0.3) is 11.4 Å². The van der Waals surface area contributed by atoms with Gasteiger partial charge in [-0.2, -0.15) is 4.31 Å². The number of aliphatic hydroxyl groups excluding tert-OH is 1. The van der Waals surface area contributed by atoms with Gasteiger partial charge >= 0.3 is 5.76 Å². The number of nitrogens with one attached hydrogen (secondary N) is 2. The van der Waals surface area contributed by atoms with Gasteiger partial charge in [0.25, 0.3) is 17.7 Å². The summed E-state index contributed by atoms with van der Waals surface area (Å²) in [4.78, 5) is 55.3. The molecule has 5 rings (SSSR count). The normalized spacial score (nSPS) is 19.0. The number of nitrogens with zero attached hydrogens (tertiary/aromatic N) is 4. The van der Waals surface area contributed by atoms with Crippen LogP contribution in [-0.2, 0) is 24.3 Å². The molecule has 0 unspecified atom stereocenters. The summed E-state index contributed by atoms with van der Waals surface area (Å²) in [7, 11) is -3.32. The Bertz CT molecular complexity index is 1630. The molecule has 0 saturated carbocycles. The number of hydrogen-bond donors (Lipinski definition) is 3. The van der Waals surface area contributed by atoms with Gasteiger partial charge in [0.2, 0.25) is 10.0 Å². The maximum Gasteiger partial charge on any atom is 0.439 e. The number of piperazine rings is 1. The van der Waals surface area contributed by atoms with Crippen molar-refractivity contribution in [3.63, 3.8) is 0 Å². The van der Waals surface area contributed by atoms with Crippen molar-refractivity contribution in [2.24, 2.45) is 0 Å². The average molecular weight is 601 g/mol. The van der Waals surface area contributed by atoms with Crippen molar-refractivity contribution < 1.29 is 37.2 Å². The number of H-pyrrole nitrogens is 1. The molecule has 0 aliphatic carbocycles. The van der Waals surface area contributed by atoms with Gasteiger partial charge in [-0.05, 0) is 48.5 Å². The first kappa shape index (κ1) is 29.1. The summed E-state index contributed by atoms with van der Waals surface area (Å²) in [5.74, 6) is -2.22. The zero-order chi connectivity index (χ0) is 30.0. The second kappa shape index (κ2) is 11.8. The molecule has 16 heteroatoms. The Morgan fingerprint density at radius 1 is 1.02 bits per heavy atom. The molecule has 3 N–H and O–H groups in total. The molecule has 0 bridgehead atoms. The molecular weight excluding hydrogens is 572 g/mol. The van der Waals surface area contributed by atoms with Gasteiger partial charge in [0.05, 0.1) is 12.9 Å². The first-order chi connectivity index (χ1) is 20.0. The minimum Gasteiger partial charge on any atom is -0.380 e. The van der Waals surface area contributed by atoms with E-state index in [1.165, 1.54) is 21.3 Å². The van der Waals surface area contributed by atoms with Crippen LogP contribution in [0.15, 0.2) is 57.8 Å². The number of aromatic nitrogens is 2. The second-order valence-electron chi connectivity index (χ2n) is 9.74. The summed E-state index contributed by atoms with van der Waals surface area (Å²) in [5, 5.41) is 16.8. The predicted octanol–water partition coefficient (Wildman–Crippen LogP) is -0.521. The maximum atomic E-state index is 13.2. The zero-order valence-electron chi connectivity index (χ0n) is 22.4. The lowest BCUT2D eigenvalue weighted by atomic mass is 10.1. The van der Waals surface area contributed by atoms with E-state index in [4.69, 9.17) is 4.74 Å². The topological polar surface area (TPSA) is 195 Å². The van der Waals surface area contributed by atoms with Crippen molar-refractivity contribution in [1.29, 1.82) is 0 Å². The molecule has 2 saturated heterocycles. The molecule has 3 aromatic rings. The number of carbonyl (C=O) groups excluding carboxylic acids is 3. The van der Waals surface area contributed by atoms with Crippen molar-refractivity contribution in [2.75, 3.05) is 55.8 Å². The molecule has 3 amide bonds. The largest absolute Gasteiger partial charge is 0.439 e. The molecule has 2 aromatic carbocycles. The van der Waals surface area contributed by atoms with Crippen molar-refractivity contribution in [3.05, 3.63) is 64.6 Å². The van der Waals surface area contributed by atoms with Crippen LogP contribution in [-0.4, -0.2) is 108 Å². The number of aromatic amines is 1. The highest BCUT2D eigenvalue weighted by Gasteiger charge is 2.39. The number of carbonyl (C=O) groups is 3. The van der Waals surface area contributed by atoms with Crippen molar-refractivity contribution >= 4 is 39.1 Å². The minimum absolute atomic E-state index is 0.0661. The summed E-state index contributed by atoms with van der Waals surface area (Å²) in [6, 6.07) is 12.5. The first-order valence-electron chi connectivity index (χ1n) is 12.9. The quantitative estimate of drug-likeness (QED) is 0.317. The van der Waals surface area contributed by atoms with Gasteiger partial charge in [0, 0.05) is 55.2 Å². The standard InChI is InChI=1S/C26H28N6O9S/c1-42(38,39)31-12-10-30(11-13-31)24(35)17-4-8-19(9-5-17)32-14-15-40-21(25(32)36)20(33)23(34)27-18-6-2-16(3-7-18)22-28-26(37)41-29-22/h2-9,20-21,33H,10-15H2,1H3,(H,27,34)(H,28,29,37)/t20-,21-/m1/s1. The molecule has 2 aliphatic rings. The van der Waals surface area contributed by atoms with Crippen LogP contribution >= 0.6 is 0 Å². The van der Waals surface area contributed by atoms with Gasteiger partial charge in [-0.25, -0.2) is 13.2 Å². The van der Waals surface area contributed by atoms with E-state index in [2.05, 4.69) is 20.0 Å². The summed E-state index contributed by atoms with van der Waals surface area (Å²) >= 11 is 0. The summed E-state index contributed by atoms with van der Waals surface area (Å²) in [5.41, 5.74) is 1.69. The lowest BCUT2D eigenvalue weighted by Gasteiger charge is -2.34. The van der Waals surface area contributed by atoms with Crippen molar-refractivity contribution in [3.8, 4) is 11.4 Å². The molecule has 42 heavy (non-hydrogen) atoms. The third kappa shape index (κ3) is 6.25. The van der Waals surface area contributed by atoms with Crippen LogP contribution in [0.4, 0.5) is 11.4 Å². The van der Waals surface area contributed by atoms with Crippen LogP contribution in [0.3, 0.4) is 0 Å². The highest BCUT2D eigenvalue weighted by atomic mass is 32.2. The lowest BCUT2D eigenvalue weighted by Crippen LogP contribution is -2.55. The van der Waals surface area contributed by atoms with Crippen LogP contribution in [0, 0.1) is 0 Å². The Hall–Kier alpha value is -4.38. The number of ether oxygens (including phenoxy) is 1. The van der Waals surface area contributed by atoms with Crippen LogP contribution in [0.2, 0.25) is 0 Å². The number of amides is 3. The average Bonchev–Trinajstić information content (AvgIpc) is 3.43. The monoisotopic (exact) mass is 600 g/mol. The van der Waals surface area contributed by atoms with Gasteiger partial charge in [-0.3, -0.25) is 23.9 Å². The highest BCUT2D eigenvalue weighted by Crippen LogP contribution is 2.23. The number of aliphatic hydroxyl groups is 1. The second-order valence-corrected chi connectivity index (χ2v) is 11.7. The van der Waals surface area contributed by atoms with E-state index >= 15 is 0 Å². The Morgan fingerprint density at radius 2 is 1.69 bits per heavy atom. The van der Waals surface area contributed by atoms with Crippen LogP contribution < -0.4 is 16.0 Å². The number of anilines is 2. The molecule has 15 nitrogen and oxygen atoms in total. The predicted molar refractivity (Wildman–Crippen MR) is 148 cm³/mol. The van der Waals surface area contributed by atoms with Crippen molar-refractivity contribution in [2.45, 2.75) is 12.2 Å². The maximum absolute atomic E-state index is 13.2. The number of hydrogen-bond acceptors (Lipinski definition) is 10. The molecule has 2 aliphatic heterocycles. The van der Waals surface area contributed by atoms with E-state index in [0.717, 1.165) is 6.26 Å². The smallest absolute Gasteiger partial charge is 0.380 e. The van der Waals surface area contributed by atoms with Gasteiger partial charge in [0.15, 0.2) is 18.0 Å². The van der Waals surface area contributed by atoms with Crippen molar-refractivity contribution in [1.82, 2.24) is 19.3 Å². The molecule has 0 spiro atoms. The molecule has 2 atom stereocenters. The van der Waals surface area contributed by atoms with E-state index in [9.17, 15) is 32.7 Å². The summed E-state index contributed by atoms with van der Waals surface area (Å²) in [6.07, 6.45) is -2.12. The number of rotatable bonds is 7. The molecule has 0 radical (unpaired) electrons. The Morgan fingerprint density at radius 3 is 2.29 bits per heavy atom.